The first-order valence-electron chi connectivity index (χ1n) is 4.85. The summed E-state index contributed by atoms with van der Waals surface area (Å²) in [4.78, 5) is 4.78. The van der Waals surface area contributed by atoms with Crippen molar-refractivity contribution >= 4 is 11.6 Å². The molecule has 1 N–H and O–H groups in total. The molecule has 0 atom stereocenters. The van der Waals surface area contributed by atoms with Crippen molar-refractivity contribution in [3.05, 3.63) is 47.2 Å². The number of rotatable bonds is 4. The van der Waals surface area contributed by atoms with E-state index in [4.69, 9.17) is 16.4 Å². The molecule has 0 radical (unpaired) electrons. The number of hydrogen-bond acceptors (Lipinski definition) is 3. The van der Waals surface area contributed by atoms with E-state index in [1.54, 1.807) is 18.0 Å². The van der Waals surface area contributed by atoms with E-state index in [1.807, 2.05) is 30.5 Å². The topological polar surface area (TPSA) is 39.1 Å². The Morgan fingerprint density at radius 3 is 3.00 bits per heavy atom. The van der Waals surface area contributed by atoms with Gasteiger partial charge >= 0.3 is 0 Å². The Labute approximate surface area is 98.7 Å². The summed E-state index contributed by atoms with van der Waals surface area (Å²) in [5.74, 6) is 0. The Balaban J connectivity index is 2.23. The average Bonchev–Trinajstić information content (AvgIpc) is 2.80. The van der Waals surface area contributed by atoms with Crippen molar-refractivity contribution in [3.63, 3.8) is 0 Å². The van der Waals surface area contributed by atoms with E-state index in [-0.39, 0.29) is 0 Å². The lowest BCUT2D eigenvalue weighted by atomic mass is 10.2. The first kappa shape index (κ1) is 11.1. The molecule has 0 fully saturated rings. The summed E-state index contributed by atoms with van der Waals surface area (Å²) in [5, 5.41) is 4.80. The number of nitrogens with zero attached hydrogens (tertiary/aromatic N) is 2. The monoisotopic (exact) mass is 237 g/mol. The van der Waals surface area contributed by atoms with Crippen molar-refractivity contribution in [3.8, 4) is 5.69 Å². The standard InChI is InChI=1S/C11H12ClN3O/c1-16-14-8-9-3-4-11(10(12)7-9)15-6-2-5-13-15/h2-7,14H,8H2,1H3. The highest BCUT2D eigenvalue weighted by Gasteiger charge is 2.03. The van der Waals surface area contributed by atoms with Crippen LogP contribution in [0.1, 0.15) is 5.56 Å². The third-order valence-electron chi connectivity index (χ3n) is 2.18. The van der Waals surface area contributed by atoms with Crippen LogP contribution in [0, 0.1) is 0 Å². The molecule has 0 aliphatic heterocycles. The van der Waals surface area contributed by atoms with Gasteiger partial charge in [0.15, 0.2) is 0 Å². The maximum absolute atomic E-state index is 6.17. The Hall–Kier alpha value is -1.36. The van der Waals surface area contributed by atoms with Gasteiger partial charge in [-0.2, -0.15) is 10.6 Å². The van der Waals surface area contributed by atoms with Crippen LogP contribution in [0.5, 0.6) is 0 Å². The van der Waals surface area contributed by atoms with Gasteiger partial charge < -0.3 is 4.84 Å². The molecule has 5 heteroatoms. The van der Waals surface area contributed by atoms with E-state index >= 15 is 0 Å². The number of nitrogens with one attached hydrogen (secondary N) is 1. The maximum atomic E-state index is 6.17. The van der Waals surface area contributed by atoms with E-state index in [1.165, 1.54) is 0 Å². The molecule has 1 aromatic carbocycles. The fraction of sp³-hybridized carbons (Fsp3) is 0.182. The summed E-state index contributed by atoms with van der Waals surface area (Å²) in [7, 11) is 1.58. The molecule has 84 valence electrons. The van der Waals surface area contributed by atoms with Gasteiger partial charge in [-0.3, -0.25) is 0 Å². The number of halogens is 1. The van der Waals surface area contributed by atoms with Crippen molar-refractivity contribution < 1.29 is 4.84 Å². The number of benzene rings is 1. The molecule has 16 heavy (non-hydrogen) atoms. The Kier molecular flexibility index (Phi) is 3.56. The van der Waals surface area contributed by atoms with Crippen LogP contribution in [0.3, 0.4) is 0 Å². The lowest BCUT2D eigenvalue weighted by Gasteiger charge is -2.07. The second kappa shape index (κ2) is 5.12. The highest BCUT2D eigenvalue weighted by atomic mass is 35.5. The molecular weight excluding hydrogens is 226 g/mol. The summed E-state index contributed by atoms with van der Waals surface area (Å²) >= 11 is 6.17. The lowest BCUT2D eigenvalue weighted by molar-refractivity contribution is 0.0867. The van der Waals surface area contributed by atoms with Crippen LogP contribution >= 0.6 is 11.6 Å². The highest BCUT2D eigenvalue weighted by molar-refractivity contribution is 6.32. The van der Waals surface area contributed by atoms with E-state index < -0.39 is 0 Å². The molecule has 0 unspecified atom stereocenters. The predicted molar refractivity (Wildman–Crippen MR) is 62.4 cm³/mol. The lowest BCUT2D eigenvalue weighted by Crippen LogP contribution is -2.10. The average molecular weight is 238 g/mol. The Morgan fingerprint density at radius 1 is 1.50 bits per heavy atom. The van der Waals surface area contributed by atoms with Crippen LogP contribution in [0.4, 0.5) is 0 Å². The van der Waals surface area contributed by atoms with Crippen molar-refractivity contribution in [1.29, 1.82) is 0 Å². The van der Waals surface area contributed by atoms with E-state index in [9.17, 15) is 0 Å². The minimum Gasteiger partial charge on any atom is -0.305 e. The highest BCUT2D eigenvalue weighted by Crippen LogP contribution is 2.21. The third-order valence-corrected chi connectivity index (χ3v) is 2.49. The van der Waals surface area contributed by atoms with Gasteiger partial charge in [0.05, 0.1) is 17.8 Å². The van der Waals surface area contributed by atoms with Crippen LogP contribution in [0.15, 0.2) is 36.7 Å². The zero-order valence-corrected chi connectivity index (χ0v) is 9.61. The molecule has 1 heterocycles. The van der Waals surface area contributed by atoms with Crippen molar-refractivity contribution in [2.45, 2.75) is 6.54 Å². The summed E-state index contributed by atoms with van der Waals surface area (Å²) < 4.78 is 1.73. The maximum Gasteiger partial charge on any atom is 0.0831 e. The summed E-state index contributed by atoms with van der Waals surface area (Å²) in [6.07, 6.45) is 3.57. The second-order valence-corrected chi connectivity index (χ2v) is 3.67. The molecule has 0 aliphatic carbocycles. The van der Waals surface area contributed by atoms with Crippen molar-refractivity contribution in [2.75, 3.05) is 7.11 Å². The Morgan fingerprint density at radius 2 is 2.38 bits per heavy atom. The van der Waals surface area contributed by atoms with E-state index in [0.29, 0.717) is 11.6 Å². The minimum absolute atomic E-state index is 0.621. The zero-order chi connectivity index (χ0) is 11.4. The molecule has 0 saturated carbocycles. The largest absolute Gasteiger partial charge is 0.305 e. The molecule has 0 saturated heterocycles. The summed E-state index contributed by atoms with van der Waals surface area (Å²) in [5.41, 5.74) is 4.69. The van der Waals surface area contributed by atoms with Crippen molar-refractivity contribution in [1.82, 2.24) is 15.3 Å². The van der Waals surface area contributed by atoms with Gasteiger partial charge in [-0.15, -0.1) is 0 Å². The molecule has 4 nitrogen and oxygen atoms in total. The summed E-state index contributed by atoms with van der Waals surface area (Å²) in [6.45, 7) is 0.621. The number of hydrogen-bond donors (Lipinski definition) is 1. The smallest absolute Gasteiger partial charge is 0.0831 e. The van der Waals surface area contributed by atoms with Gasteiger partial charge in [0.25, 0.3) is 0 Å². The van der Waals surface area contributed by atoms with Crippen molar-refractivity contribution in [2.24, 2.45) is 0 Å². The minimum atomic E-state index is 0.621. The van der Waals surface area contributed by atoms with Gasteiger partial charge in [-0.05, 0) is 23.8 Å². The molecule has 1 aromatic heterocycles. The SMILES string of the molecule is CONCc1ccc(-n2cccn2)c(Cl)c1. The molecular formula is C11H12ClN3O. The van der Waals surface area contributed by atoms with Crippen LogP contribution in [-0.4, -0.2) is 16.9 Å². The quantitative estimate of drug-likeness (QED) is 0.829. The third kappa shape index (κ3) is 2.41. The number of hydroxylamine groups is 1. The molecule has 0 bridgehead atoms. The molecule has 0 amide bonds. The summed E-state index contributed by atoms with van der Waals surface area (Å²) in [6, 6.07) is 7.66. The molecule has 2 rings (SSSR count). The number of aromatic nitrogens is 2. The van der Waals surface area contributed by atoms with Gasteiger partial charge in [-0.1, -0.05) is 17.7 Å². The van der Waals surface area contributed by atoms with E-state index in [2.05, 4.69) is 10.6 Å². The molecule has 2 aromatic rings. The second-order valence-electron chi connectivity index (χ2n) is 3.26. The van der Waals surface area contributed by atoms with Crippen LogP contribution < -0.4 is 5.48 Å². The van der Waals surface area contributed by atoms with E-state index in [0.717, 1.165) is 11.3 Å². The van der Waals surface area contributed by atoms with Gasteiger partial charge in [0.1, 0.15) is 0 Å². The fourth-order valence-corrected chi connectivity index (χ4v) is 1.70. The van der Waals surface area contributed by atoms with Crippen LogP contribution in [0.2, 0.25) is 5.02 Å². The molecule has 0 aliphatic rings. The fourth-order valence-electron chi connectivity index (χ4n) is 1.41. The van der Waals surface area contributed by atoms with Gasteiger partial charge in [0, 0.05) is 18.9 Å². The Bertz CT molecular complexity index is 456. The zero-order valence-electron chi connectivity index (χ0n) is 8.85. The first-order chi connectivity index (χ1) is 7.81. The normalized spacial score (nSPS) is 10.6. The van der Waals surface area contributed by atoms with Gasteiger partial charge in [-0.25, -0.2) is 4.68 Å². The van der Waals surface area contributed by atoms with Crippen LogP contribution in [0.25, 0.3) is 5.69 Å². The molecule has 0 spiro atoms. The van der Waals surface area contributed by atoms with Gasteiger partial charge in [0.2, 0.25) is 0 Å². The van der Waals surface area contributed by atoms with Crippen LogP contribution in [-0.2, 0) is 11.4 Å². The first-order valence-corrected chi connectivity index (χ1v) is 5.23. The predicted octanol–water partition coefficient (Wildman–Crippen LogP) is 2.18.